The summed E-state index contributed by atoms with van der Waals surface area (Å²) in [7, 11) is 0. The number of aryl methyl sites for hydroxylation is 1. The second kappa shape index (κ2) is 5.39. The summed E-state index contributed by atoms with van der Waals surface area (Å²) in [6, 6.07) is 0. The molecule has 3 rings (SSSR count). The summed E-state index contributed by atoms with van der Waals surface area (Å²) in [6.45, 7) is 6.36. The first kappa shape index (κ1) is 12.8. The average molecular weight is 281 g/mol. The van der Waals surface area contributed by atoms with Crippen LogP contribution in [0, 0.1) is 0 Å². The molecule has 18 heavy (non-hydrogen) atoms. The Bertz CT molecular complexity index is 450. The molecule has 98 valence electrons. The number of hydrogen-bond donors (Lipinski definition) is 1. The van der Waals surface area contributed by atoms with E-state index in [0.717, 1.165) is 25.3 Å². The predicted molar refractivity (Wildman–Crippen MR) is 79.1 cm³/mol. The molecule has 0 aliphatic carbocycles. The van der Waals surface area contributed by atoms with E-state index in [1.54, 1.807) is 0 Å². The number of nitrogens with one attached hydrogen (secondary N) is 1. The zero-order chi connectivity index (χ0) is 12.5. The van der Waals surface area contributed by atoms with Gasteiger partial charge in [-0.3, -0.25) is 0 Å². The molecule has 2 aliphatic rings. The van der Waals surface area contributed by atoms with E-state index in [1.165, 1.54) is 28.5 Å². The zero-order valence-corrected chi connectivity index (χ0v) is 12.5. The third kappa shape index (κ3) is 2.28. The molecular formula is C13H19N3S2. The van der Waals surface area contributed by atoms with Crippen LogP contribution >= 0.6 is 23.5 Å². The summed E-state index contributed by atoms with van der Waals surface area (Å²) in [4.78, 5) is 9.68. The number of hydrogen-bond acceptors (Lipinski definition) is 5. The van der Waals surface area contributed by atoms with Crippen LogP contribution in [0.3, 0.4) is 0 Å². The largest absolute Gasteiger partial charge is 0.307 e. The number of nitrogens with zero attached hydrogens (tertiary/aromatic N) is 2. The lowest BCUT2D eigenvalue weighted by Crippen LogP contribution is -2.19. The maximum atomic E-state index is 4.85. The summed E-state index contributed by atoms with van der Waals surface area (Å²) in [5.74, 6) is 3.55. The lowest BCUT2D eigenvalue weighted by atomic mass is 10.1. The molecule has 0 saturated carbocycles. The molecule has 3 nitrogen and oxygen atoms in total. The van der Waals surface area contributed by atoms with Gasteiger partial charge in [0.1, 0.15) is 5.82 Å². The van der Waals surface area contributed by atoms with Crippen LogP contribution in [0.25, 0.3) is 0 Å². The van der Waals surface area contributed by atoms with Crippen molar-refractivity contribution >= 4 is 23.5 Å². The molecule has 0 bridgehead atoms. The van der Waals surface area contributed by atoms with Crippen LogP contribution in [0.1, 0.15) is 41.9 Å². The fourth-order valence-electron chi connectivity index (χ4n) is 2.60. The SMILES string of the molecule is CCc1nc(C2SCCSC2C)nc2c1CNC2. The monoisotopic (exact) mass is 281 g/mol. The maximum Gasteiger partial charge on any atom is 0.143 e. The molecule has 1 N–H and O–H groups in total. The van der Waals surface area contributed by atoms with E-state index in [9.17, 15) is 0 Å². The van der Waals surface area contributed by atoms with Gasteiger partial charge in [0.2, 0.25) is 0 Å². The van der Waals surface area contributed by atoms with Gasteiger partial charge in [0.25, 0.3) is 0 Å². The van der Waals surface area contributed by atoms with Crippen LogP contribution in [-0.4, -0.2) is 26.7 Å². The van der Waals surface area contributed by atoms with Gasteiger partial charge in [-0.1, -0.05) is 13.8 Å². The predicted octanol–water partition coefficient (Wildman–Crippen LogP) is 2.55. The third-order valence-electron chi connectivity index (χ3n) is 3.57. The molecule has 1 saturated heterocycles. The average Bonchev–Trinajstić information content (AvgIpc) is 2.86. The topological polar surface area (TPSA) is 37.8 Å². The van der Waals surface area contributed by atoms with Crippen molar-refractivity contribution in [3.8, 4) is 0 Å². The highest BCUT2D eigenvalue weighted by Crippen LogP contribution is 2.41. The van der Waals surface area contributed by atoms with Crippen LogP contribution < -0.4 is 5.32 Å². The Labute approximate surface area is 117 Å². The number of thioether (sulfide) groups is 2. The first-order chi connectivity index (χ1) is 8.79. The Hall–Kier alpha value is -0.260. The molecule has 0 spiro atoms. The van der Waals surface area contributed by atoms with Crippen molar-refractivity contribution in [2.24, 2.45) is 0 Å². The maximum absolute atomic E-state index is 4.85. The smallest absolute Gasteiger partial charge is 0.143 e. The van der Waals surface area contributed by atoms with Crippen LogP contribution in [0.5, 0.6) is 0 Å². The minimum absolute atomic E-state index is 0.472. The summed E-state index contributed by atoms with van der Waals surface area (Å²) in [5, 5.41) is 4.49. The quantitative estimate of drug-likeness (QED) is 0.902. The normalized spacial score (nSPS) is 27.2. The second-order valence-electron chi connectivity index (χ2n) is 4.78. The Morgan fingerprint density at radius 3 is 2.83 bits per heavy atom. The lowest BCUT2D eigenvalue weighted by molar-refractivity contribution is 0.752. The molecule has 1 fully saturated rings. The van der Waals surface area contributed by atoms with E-state index in [-0.39, 0.29) is 0 Å². The number of aromatic nitrogens is 2. The highest BCUT2D eigenvalue weighted by molar-refractivity contribution is 8.06. The molecule has 1 aromatic rings. The Morgan fingerprint density at radius 2 is 2.06 bits per heavy atom. The van der Waals surface area contributed by atoms with Gasteiger partial charge in [0.15, 0.2) is 0 Å². The van der Waals surface area contributed by atoms with E-state index in [1.807, 2.05) is 11.8 Å². The molecule has 0 amide bonds. The summed E-state index contributed by atoms with van der Waals surface area (Å²) >= 11 is 4.07. The molecule has 1 aromatic heterocycles. The fraction of sp³-hybridized carbons (Fsp3) is 0.692. The van der Waals surface area contributed by atoms with Crippen LogP contribution in [0.15, 0.2) is 0 Å². The van der Waals surface area contributed by atoms with Gasteiger partial charge >= 0.3 is 0 Å². The molecule has 2 aliphatic heterocycles. The Morgan fingerprint density at radius 1 is 1.22 bits per heavy atom. The van der Waals surface area contributed by atoms with Crippen molar-refractivity contribution in [1.82, 2.24) is 15.3 Å². The third-order valence-corrected chi connectivity index (χ3v) is 6.65. The molecule has 2 atom stereocenters. The lowest BCUT2D eigenvalue weighted by Gasteiger charge is -2.27. The Balaban J connectivity index is 1.97. The van der Waals surface area contributed by atoms with Gasteiger partial charge < -0.3 is 5.32 Å². The van der Waals surface area contributed by atoms with E-state index in [2.05, 4.69) is 30.9 Å². The van der Waals surface area contributed by atoms with Crippen molar-refractivity contribution in [3.63, 3.8) is 0 Å². The zero-order valence-electron chi connectivity index (χ0n) is 10.9. The standard InChI is InChI=1S/C13H19N3S2/c1-3-10-9-6-14-7-11(9)16-13(15-10)12-8(2)17-4-5-18-12/h8,12,14H,3-7H2,1-2H3. The molecule has 3 heterocycles. The van der Waals surface area contributed by atoms with Gasteiger partial charge in [0.05, 0.1) is 10.9 Å². The van der Waals surface area contributed by atoms with Crippen molar-refractivity contribution in [2.45, 2.75) is 43.9 Å². The van der Waals surface area contributed by atoms with Gasteiger partial charge in [-0.2, -0.15) is 11.8 Å². The van der Waals surface area contributed by atoms with E-state index >= 15 is 0 Å². The Kier molecular flexibility index (Phi) is 3.82. The first-order valence-electron chi connectivity index (χ1n) is 6.62. The van der Waals surface area contributed by atoms with Crippen molar-refractivity contribution in [1.29, 1.82) is 0 Å². The molecule has 2 unspecified atom stereocenters. The minimum atomic E-state index is 0.472. The van der Waals surface area contributed by atoms with E-state index in [4.69, 9.17) is 9.97 Å². The molecule has 0 aromatic carbocycles. The van der Waals surface area contributed by atoms with E-state index in [0.29, 0.717) is 10.5 Å². The van der Waals surface area contributed by atoms with Gasteiger partial charge in [-0.05, 0) is 6.42 Å². The number of fused-ring (bicyclic) bond motifs is 1. The van der Waals surface area contributed by atoms with Crippen LogP contribution in [0.4, 0.5) is 0 Å². The highest BCUT2D eigenvalue weighted by atomic mass is 32.2. The summed E-state index contributed by atoms with van der Waals surface area (Å²) in [5.41, 5.74) is 3.84. The summed E-state index contributed by atoms with van der Waals surface area (Å²) < 4.78 is 0. The molecular weight excluding hydrogens is 262 g/mol. The summed E-state index contributed by atoms with van der Waals surface area (Å²) in [6.07, 6.45) is 1.01. The van der Waals surface area contributed by atoms with Crippen molar-refractivity contribution in [2.75, 3.05) is 11.5 Å². The minimum Gasteiger partial charge on any atom is -0.307 e. The first-order valence-corrected chi connectivity index (χ1v) is 8.71. The molecule has 0 radical (unpaired) electrons. The highest BCUT2D eigenvalue weighted by Gasteiger charge is 2.28. The van der Waals surface area contributed by atoms with E-state index < -0.39 is 0 Å². The fourth-order valence-corrected chi connectivity index (χ4v) is 5.28. The van der Waals surface area contributed by atoms with Crippen LogP contribution in [0.2, 0.25) is 0 Å². The van der Waals surface area contributed by atoms with Crippen molar-refractivity contribution < 1.29 is 0 Å². The van der Waals surface area contributed by atoms with Gasteiger partial charge in [-0.15, -0.1) is 11.8 Å². The second-order valence-corrected chi connectivity index (χ2v) is 7.51. The van der Waals surface area contributed by atoms with Gasteiger partial charge in [0, 0.05) is 41.1 Å². The van der Waals surface area contributed by atoms with Gasteiger partial charge in [-0.25, -0.2) is 9.97 Å². The number of rotatable bonds is 2. The molecule has 5 heteroatoms. The van der Waals surface area contributed by atoms with Crippen molar-refractivity contribution in [3.05, 3.63) is 22.8 Å². The van der Waals surface area contributed by atoms with Crippen LogP contribution in [-0.2, 0) is 19.5 Å².